The molecule has 8 heteroatoms. The van der Waals surface area contributed by atoms with Crippen LogP contribution in [0, 0.1) is 5.82 Å². The first-order valence-electron chi connectivity index (χ1n) is 5.98. The number of nitrogens with one attached hydrogen (secondary N) is 1. The van der Waals surface area contributed by atoms with Crippen LogP contribution in [0.4, 0.5) is 17.6 Å². The predicted octanol–water partition coefficient (Wildman–Crippen LogP) is 4.35. The summed E-state index contributed by atoms with van der Waals surface area (Å²) in [5.41, 5.74) is 0. The smallest absolute Gasteiger partial charge is 0.312 e. The Balaban J connectivity index is 2.05. The molecule has 2 aromatic rings. The fourth-order valence-corrected chi connectivity index (χ4v) is 3.70. The van der Waals surface area contributed by atoms with Crippen molar-refractivity contribution in [3.8, 4) is 0 Å². The fraction of sp³-hybridized carbons (Fsp3) is 0.308. The summed E-state index contributed by atoms with van der Waals surface area (Å²) in [5.74, 6) is 0.151. The lowest BCUT2D eigenvalue weighted by molar-refractivity contribution is -0.137. The molecule has 0 amide bonds. The Bertz CT molecular complexity index is 598. The van der Waals surface area contributed by atoms with E-state index in [-0.39, 0.29) is 11.9 Å². The van der Waals surface area contributed by atoms with Crippen molar-refractivity contribution in [1.29, 1.82) is 0 Å². The number of hydrogen-bond donors (Lipinski definition) is 1. The molecule has 0 saturated carbocycles. The third-order valence-corrected chi connectivity index (χ3v) is 4.91. The van der Waals surface area contributed by atoms with Crippen molar-refractivity contribution < 1.29 is 17.6 Å². The quantitative estimate of drug-likeness (QED) is 0.649. The van der Waals surface area contributed by atoms with E-state index in [1.54, 1.807) is 19.2 Å². The molecule has 0 aliphatic heterocycles. The highest BCUT2D eigenvalue weighted by Crippen LogP contribution is 2.35. The van der Waals surface area contributed by atoms with Crippen molar-refractivity contribution in [1.82, 2.24) is 10.3 Å². The Morgan fingerprint density at radius 1 is 1.38 bits per heavy atom. The first kappa shape index (κ1) is 16.3. The normalized spacial score (nSPS) is 13.4. The molecule has 1 heterocycles. The highest BCUT2D eigenvalue weighted by molar-refractivity contribution is 7.99. The van der Waals surface area contributed by atoms with Crippen LogP contribution >= 0.6 is 23.1 Å². The van der Waals surface area contributed by atoms with E-state index >= 15 is 0 Å². The van der Waals surface area contributed by atoms with Crippen molar-refractivity contribution in [2.45, 2.75) is 17.1 Å². The van der Waals surface area contributed by atoms with Crippen LogP contribution in [0.2, 0.25) is 0 Å². The van der Waals surface area contributed by atoms with Crippen LogP contribution in [0.15, 0.2) is 35.4 Å². The number of hydrogen-bond acceptors (Lipinski definition) is 4. The molecule has 2 rings (SSSR count). The second kappa shape index (κ2) is 6.76. The Morgan fingerprint density at radius 3 is 2.71 bits per heavy atom. The third kappa shape index (κ3) is 4.42. The van der Waals surface area contributed by atoms with Crippen molar-refractivity contribution in [2.75, 3.05) is 12.8 Å². The summed E-state index contributed by atoms with van der Waals surface area (Å²) in [6, 6.07) is 5.82. The van der Waals surface area contributed by atoms with Gasteiger partial charge in [-0.15, -0.1) is 23.1 Å². The number of thiazole rings is 1. The van der Waals surface area contributed by atoms with Crippen LogP contribution in [0.3, 0.4) is 0 Å². The largest absolute Gasteiger partial charge is 0.443 e. The zero-order valence-corrected chi connectivity index (χ0v) is 12.6. The van der Waals surface area contributed by atoms with E-state index in [0.717, 1.165) is 4.90 Å². The summed E-state index contributed by atoms with van der Waals surface area (Å²) < 4.78 is 50.7. The van der Waals surface area contributed by atoms with Crippen LogP contribution in [-0.2, 0) is 6.18 Å². The molecule has 1 unspecified atom stereocenters. The van der Waals surface area contributed by atoms with E-state index < -0.39 is 11.2 Å². The van der Waals surface area contributed by atoms with Gasteiger partial charge in [-0.3, -0.25) is 0 Å². The molecule has 0 aliphatic carbocycles. The number of halogens is 4. The molecular formula is C13H12F4N2S2. The zero-order valence-electron chi connectivity index (χ0n) is 10.9. The van der Waals surface area contributed by atoms with E-state index in [4.69, 9.17) is 0 Å². The molecule has 21 heavy (non-hydrogen) atoms. The molecule has 0 fully saturated rings. The van der Waals surface area contributed by atoms with Gasteiger partial charge in [0.05, 0.1) is 6.04 Å². The molecule has 0 radical (unpaired) electrons. The van der Waals surface area contributed by atoms with E-state index in [0.29, 0.717) is 22.0 Å². The Kier molecular flexibility index (Phi) is 5.23. The lowest BCUT2D eigenvalue weighted by Crippen LogP contribution is -2.17. The van der Waals surface area contributed by atoms with Gasteiger partial charge in [-0.05, 0) is 25.2 Å². The standard InChI is InChI=1S/C13H12F4N2S2/c1-18-10(7-20-9-4-2-3-8(14)5-9)11-6-19-12(21-11)13(15,16)17/h2-6,10,18H,7H2,1H3. The minimum atomic E-state index is -4.42. The minimum absolute atomic E-state index is 0.271. The molecule has 1 aromatic carbocycles. The molecular weight excluding hydrogens is 324 g/mol. The van der Waals surface area contributed by atoms with Crippen LogP contribution in [0.1, 0.15) is 15.9 Å². The average Bonchev–Trinajstić information content (AvgIpc) is 2.89. The van der Waals surface area contributed by atoms with E-state index in [1.807, 2.05) is 0 Å². The van der Waals surface area contributed by atoms with Crippen LogP contribution < -0.4 is 5.32 Å². The molecule has 1 atom stereocenters. The van der Waals surface area contributed by atoms with Gasteiger partial charge in [0.2, 0.25) is 0 Å². The Morgan fingerprint density at radius 2 is 2.14 bits per heavy atom. The van der Waals surface area contributed by atoms with Gasteiger partial charge in [0, 0.05) is 21.7 Å². The lowest BCUT2D eigenvalue weighted by Gasteiger charge is -2.13. The first-order valence-corrected chi connectivity index (χ1v) is 7.79. The first-order chi connectivity index (χ1) is 9.90. The number of alkyl halides is 3. The molecule has 0 saturated heterocycles. The number of benzene rings is 1. The minimum Gasteiger partial charge on any atom is -0.312 e. The highest BCUT2D eigenvalue weighted by atomic mass is 32.2. The summed E-state index contributed by atoms with van der Waals surface area (Å²) in [4.78, 5) is 4.65. The van der Waals surface area contributed by atoms with Gasteiger partial charge in [0.15, 0.2) is 5.01 Å². The SMILES string of the molecule is CNC(CSc1cccc(F)c1)c1cnc(C(F)(F)F)s1. The van der Waals surface area contributed by atoms with Gasteiger partial charge < -0.3 is 5.32 Å². The van der Waals surface area contributed by atoms with Gasteiger partial charge in [-0.25, -0.2) is 9.37 Å². The zero-order chi connectivity index (χ0) is 15.5. The molecule has 2 nitrogen and oxygen atoms in total. The summed E-state index contributed by atoms with van der Waals surface area (Å²) >= 11 is 2.00. The van der Waals surface area contributed by atoms with Gasteiger partial charge in [-0.1, -0.05) is 6.07 Å². The second-order valence-electron chi connectivity index (χ2n) is 4.18. The van der Waals surface area contributed by atoms with Crippen molar-refractivity contribution in [3.63, 3.8) is 0 Å². The van der Waals surface area contributed by atoms with Crippen LogP contribution in [-0.4, -0.2) is 17.8 Å². The summed E-state index contributed by atoms with van der Waals surface area (Å²) in [6.07, 6.45) is -3.18. The maximum atomic E-state index is 13.1. The van der Waals surface area contributed by atoms with E-state index in [1.165, 1.54) is 30.1 Å². The Labute approximate surface area is 127 Å². The average molecular weight is 336 g/mol. The number of thioether (sulfide) groups is 1. The molecule has 114 valence electrons. The van der Waals surface area contributed by atoms with Crippen molar-refractivity contribution >= 4 is 23.1 Å². The molecule has 0 aliphatic rings. The van der Waals surface area contributed by atoms with E-state index in [9.17, 15) is 17.6 Å². The number of aromatic nitrogens is 1. The van der Waals surface area contributed by atoms with Gasteiger partial charge in [0.25, 0.3) is 0 Å². The Hall–Kier alpha value is -1.12. The molecule has 0 spiro atoms. The molecule has 0 bridgehead atoms. The maximum Gasteiger partial charge on any atom is 0.443 e. The van der Waals surface area contributed by atoms with Crippen molar-refractivity contribution in [3.05, 3.63) is 46.2 Å². The highest BCUT2D eigenvalue weighted by Gasteiger charge is 2.35. The monoisotopic (exact) mass is 336 g/mol. The molecule has 1 N–H and O–H groups in total. The number of rotatable bonds is 5. The summed E-state index contributed by atoms with van der Waals surface area (Å²) in [6.45, 7) is 0. The van der Waals surface area contributed by atoms with Gasteiger partial charge in [0.1, 0.15) is 5.82 Å². The third-order valence-electron chi connectivity index (χ3n) is 2.67. The summed E-state index contributed by atoms with van der Waals surface area (Å²) in [5, 5.41) is 2.10. The molecule has 1 aromatic heterocycles. The number of nitrogens with zero attached hydrogens (tertiary/aromatic N) is 1. The summed E-state index contributed by atoms with van der Waals surface area (Å²) in [7, 11) is 1.67. The van der Waals surface area contributed by atoms with Crippen LogP contribution in [0.25, 0.3) is 0 Å². The van der Waals surface area contributed by atoms with Crippen molar-refractivity contribution in [2.24, 2.45) is 0 Å². The second-order valence-corrected chi connectivity index (χ2v) is 6.33. The lowest BCUT2D eigenvalue weighted by atomic mass is 10.3. The fourth-order valence-electron chi connectivity index (χ4n) is 1.62. The van der Waals surface area contributed by atoms with Crippen LogP contribution in [0.5, 0.6) is 0 Å². The van der Waals surface area contributed by atoms with E-state index in [2.05, 4.69) is 10.3 Å². The topological polar surface area (TPSA) is 24.9 Å². The predicted molar refractivity (Wildman–Crippen MR) is 76.0 cm³/mol. The van der Waals surface area contributed by atoms with Gasteiger partial charge in [-0.2, -0.15) is 13.2 Å². The van der Waals surface area contributed by atoms with Gasteiger partial charge >= 0.3 is 6.18 Å². The maximum absolute atomic E-state index is 13.1.